The number of rotatable bonds is 6. The number of hydrogen-bond donors (Lipinski definition) is 1. The fourth-order valence-electron chi connectivity index (χ4n) is 1.62. The Hall–Kier alpha value is -1.10. The van der Waals surface area contributed by atoms with Crippen LogP contribution in [0.4, 0.5) is 11.9 Å². The van der Waals surface area contributed by atoms with Crippen LogP contribution in [-0.2, 0) is 0 Å². The molecule has 0 saturated heterocycles. The summed E-state index contributed by atoms with van der Waals surface area (Å²) in [6.07, 6.45) is 0. The predicted molar refractivity (Wildman–Crippen MR) is 76.3 cm³/mol. The van der Waals surface area contributed by atoms with Gasteiger partial charge in [-0.2, -0.15) is 15.0 Å². The fraction of sp³-hybridized carbons (Fsp3) is 0.750. The van der Waals surface area contributed by atoms with E-state index < -0.39 is 0 Å². The molecule has 0 bridgehead atoms. The Morgan fingerprint density at radius 1 is 1.17 bits per heavy atom. The van der Waals surface area contributed by atoms with Gasteiger partial charge in [0.25, 0.3) is 0 Å². The third-order valence-electron chi connectivity index (χ3n) is 2.37. The lowest BCUT2D eigenvalue weighted by Crippen LogP contribution is -2.35. The molecule has 0 aliphatic heterocycles. The van der Waals surface area contributed by atoms with Gasteiger partial charge < -0.3 is 10.2 Å². The van der Waals surface area contributed by atoms with Crippen molar-refractivity contribution >= 4 is 23.5 Å². The van der Waals surface area contributed by atoms with Crippen LogP contribution in [0.2, 0.25) is 5.28 Å². The first kappa shape index (κ1) is 15.0. The van der Waals surface area contributed by atoms with Crippen LogP contribution < -0.4 is 10.2 Å². The largest absolute Gasteiger partial charge is 0.354 e. The Morgan fingerprint density at radius 2 is 1.83 bits per heavy atom. The highest BCUT2D eigenvalue weighted by molar-refractivity contribution is 6.28. The Kier molecular flexibility index (Phi) is 5.59. The van der Waals surface area contributed by atoms with Crippen molar-refractivity contribution in [1.29, 1.82) is 0 Å². The molecule has 0 aromatic carbocycles. The minimum absolute atomic E-state index is 0.227. The Balaban J connectivity index is 3.03. The third-order valence-corrected chi connectivity index (χ3v) is 2.54. The van der Waals surface area contributed by atoms with Crippen LogP contribution in [0.3, 0.4) is 0 Å². The normalized spacial score (nSPS) is 11.1. The summed E-state index contributed by atoms with van der Waals surface area (Å²) in [5.41, 5.74) is 0. The van der Waals surface area contributed by atoms with Crippen molar-refractivity contribution in [3.63, 3.8) is 0 Å². The molecule has 18 heavy (non-hydrogen) atoms. The molecule has 0 radical (unpaired) electrons. The fourth-order valence-corrected chi connectivity index (χ4v) is 1.78. The molecule has 102 valence electrons. The van der Waals surface area contributed by atoms with Crippen LogP contribution in [0.25, 0.3) is 0 Å². The van der Waals surface area contributed by atoms with E-state index in [0.717, 1.165) is 13.1 Å². The molecular formula is C12H22ClN5. The zero-order valence-electron chi connectivity index (χ0n) is 11.7. The van der Waals surface area contributed by atoms with E-state index >= 15 is 0 Å². The van der Waals surface area contributed by atoms with Gasteiger partial charge in [0.1, 0.15) is 0 Å². The van der Waals surface area contributed by atoms with Crippen molar-refractivity contribution in [1.82, 2.24) is 15.0 Å². The third kappa shape index (κ3) is 4.29. The minimum atomic E-state index is 0.227. The van der Waals surface area contributed by atoms with Gasteiger partial charge in [-0.25, -0.2) is 0 Å². The molecule has 1 N–H and O–H groups in total. The molecule has 6 heteroatoms. The molecule has 1 heterocycles. The highest BCUT2D eigenvalue weighted by Gasteiger charge is 2.17. The van der Waals surface area contributed by atoms with Crippen molar-refractivity contribution in [2.45, 2.75) is 40.7 Å². The van der Waals surface area contributed by atoms with Gasteiger partial charge in [0.2, 0.25) is 17.2 Å². The van der Waals surface area contributed by atoms with E-state index in [-0.39, 0.29) is 5.28 Å². The number of anilines is 2. The second-order valence-corrected chi connectivity index (χ2v) is 5.24. The zero-order valence-corrected chi connectivity index (χ0v) is 12.5. The minimum Gasteiger partial charge on any atom is -0.354 e. The van der Waals surface area contributed by atoms with E-state index in [1.165, 1.54) is 0 Å². The molecule has 5 nitrogen and oxygen atoms in total. The molecule has 0 aliphatic rings. The average molecular weight is 272 g/mol. The lowest BCUT2D eigenvalue weighted by atomic mass is 10.2. The monoisotopic (exact) mass is 271 g/mol. The summed E-state index contributed by atoms with van der Waals surface area (Å²) in [5.74, 6) is 1.70. The topological polar surface area (TPSA) is 53.9 Å². The summed E-state index contributed by atoms with van der Waals surface area (Å²) < 4.78 is 0. The van der Waals surface area contributed by atoms with Crippen LogP contribution in [0.15, 0.2) is 0 Å². The van der Waals surface area contributed by atoms with E-state index in [2.05, 4.69) is 52.9 Å². The van der Waals surface area contributed by atoms with Gasteiger partial charge in [-0.1, -0.05) is 13.8 Å². The van der Waals surface area contributed by atoms with Gasteiger partial charge in [-0.15, -0.1) is 0 Å². The van der Waals surface area contributed by atoms with E-state index in [4.69, 9.17) is 11.6 Å². The molecule has 0 atom stereocenters. The summed E-state index contributed by atoms with van der Waals surface area (Å²) in [7, 11) is 0. The van der Waals surface area contributed by atoms with Crippen molar-refractivity contribution in [3.8, 4) is 0 Å². The van der Waals surface area contributed by atoms with Gasteiger partial charge in [0.15, 0.2) is 0 Å². The number of aromatic nitrogens is 3. The van der Waals surface area contributed by atoms with E-state index in [1.807, 2.05) is 6.92 Å². The Morgan fingerprint density at radius 3 is 2.33 bits per heavy atom. The number of halogens is 1. The Labute approximate surface area is 114 Å². The van der Waals surface area contributed by atoms with Gasteiger partial charge in [-0.3, -0.25) is 0 Å². The molecule has 1 rings (SSSR count). The second kappa shape index (κ2) is 6.73. The maximum Gasteiger partial charge on any atom is 0.231 e. The zero-order chi connectivity index (χ0) is 13.7. The predicted octanol–water partition coefficient (Wildman–Crippen LogP) is 2.83. The Bertz CT molecular complexity index is 381. The van der Waals surface area contributed by atoms with Crippen molar-refractivity contribution < 1.29 is 0 Å². The van der Waals surface area contributed by atoms with Gasteiger partial charge in [0, 0.05) is 19.1 Å². The summed E-state index contributed by atoms with van der Waals surface area (Å²) in [4.78, 5) is 14.8. The number of nitrogens with one attached hydrogen (secondary N) is 1. The molecule has 0 aliphatic carbocycles. The quantitative estimate of drug-likeness (QED) is 0.862. The molecular weight excluding hydrogens is 250 g/mol. The maximum atomic E-state index is 5.94. The highest BCUT2D eigenvalue weighted by atomic mass is 35.5. The molecule has 0 fully saturated rings. The standard InChI is InChI=1S/C12H22ClN5/c1-6-14-11-15-10(13)16-12(17-11)18(9(4)5)7-8(2)3/h8-9H,6-7H2,1-5H3,(H,14,15,16,17). The summed E-state index contributed by atoms with van der Waals surface area (Å²) in [6.45, 7) is 12.2. The van der Waals surface area contributed by atoms with Crippen molar-refractivity contribution in [2.75, 3.05) is 23.3 Å². The van der Waals surface area contributed by atoms with Gasteiger partial charge in [0.05, 0.1) is 0 Å². The van der Waals surface area contributed by atoms with E-state index in [0.29, 0.717) is 23.9 Å². The smallest absolute Gasteiger partial charge is 0.231 e. The van der Waals surface area contributed by atoms with Gasteiger partial charge in [-0.05, 0) is 38.3 Å². The highest BCUT2D eigenvalue weighted by Crippen LogP contribution is 2.17. The summed E-state index contributed by atoms with van der Waals surface area (Å²) in [6, 6.07) is 0.320. The first-order chi connectivity index (χ1) is 8.43. The molecule has 0 amide bonds. The van der Waals surface area contributed by atoms with Crippen LogP contribution in [-0.4, -0.2) is 34.1 Å². The SMILES string of the molecule is CCNc1nc(Cl)nc(N(CC(C)C)C(C)C)n1. The van der Waals surface area contributed by atoms with Crippen molar-refractivity contribution in [3.05, 3.63) is 5.28 Å². The molecule has 0 saturated carbocycles. The van der Waals surface area contributed by atoms with E-state index in [9.17, 15) is 0 Å². The molecule has 0 spiro atoms. The van der Waals surface area contributed by atoms with Crippen LogP contribution in [0.1, 0.15) is 34.6 Å². The maximum absolute atomic E-state index is 5.94. The molecule has 1 aromatic rings. The van der Waals surface area contributed by atoms with Crippen LogP contribution in [0, 0.1) is 5.92 Å². The number of nitrogens with zero attached hydrogens (tertiary/aromatic N) is 4. The van der Waals surface area contributed by atoms with E-state index in [1.54, 1.807) is 0 Å². The second-order valence-electron chi connectivity index (χ2n) is 4.90. The van der Waals surface area contributed by atoms with Gasteiger partial charge >= 0.3 is 0 Å². The lowest BCUT2D eigenvalue weighted by Gasteiger charge is -2.28. The molecule has 0 unspecified atom stereocenters. The van der Waals surface area contributed by atoms with Crippen LogP contribution >= 0.6 is 11.6 Å². The van der Waals surface area contributed by atoms with Crippen molar-refractivity contribution in [2.24, 2.45) is 5.92 Å². The number of hydrogen-bond acceptors (Lipinski definition) is 5. The lowest BCUT2D eigenvalue weighted by molar-refractivity contribution is 0.559. The first-order valence-corrected chi connectivity index (χ1v) is 6.73. The summed E-state index contributed by atoms with van der Waals surface area (Å²) in [5, 5.41) is 3.29. The first-order valence-electron chi connectivity index (χ1n) is 6.36. The van der Waals surface area contributed by atoms with Crippen LogP contribution in [0.5, 0.6) is 0 Å². The molecule has 1 aromatic heterocycles. The average Bonchev–Trinajstić information content (AvgIpc) is 2.24. The summed E-state index contributed by atoms with van der Waals surface area (Å²) >= 11 is 5.94.